The second-order valence-electron chi connectivity index (χ2n) is 6.25. The second-order valence-corrected chi connectivity index (χ2v) is 6.25. The van der Waals surface area contributed by atoms with E-state index in [2.05, 4.69) is 16.8 Å². The number of hydrogen-bond donors (Lipinski definition) is 0. The lowest BCUT2D eigenvalue weighted by atomic mass is 9.73. The van der Waals surface area contributed by atoms with Crippen LogP contribution < -0.4 is 0 Å². The fraction of sp³-hybridized carbons (Fsp3) is 1.00. The molecular weight excluding hydrogens is 188 g/mol. The number of nitrogens with zero attached hydrogens (tertiary/aromatic N) is 2. The van der Waals surface area contributed by atoms with Gasteiger partial charge >= 0.3 is 0 Å². The summed E-state index contributed by atoms with van der Waals surface area (Å²) >= 11 is 0. The van der Waals surface area contributed by atoms with Gasteiger partial charge in [-0.3, -0.25) is 0 Å². The number of rotatable bonds is 4. The van der Waals surface area contributed by atoms with Crippen LogP contribution in [-0.4, -0.2) is 63.3 Å². The van der Waals surface area contributed by atoms with Crippen molar-refractivity contribution >= 4 is 0 Å². The van der Waals surface area contributed by atoms with Gasteiger partial charge in [-0.2, -0.15) is 0 Å². The van der Waals surface area contributed by atoms with Gasteiger partial charge in [0.2, 0.25) is 0 Å². The molecule has 15 heavy (non-hydrogen) atoms. The Hall–Kier alpha value is -0.120. The topological polar surface area (TPSA) is 15.7 Å². The maximum absolute atomic E-state index is 5.31. The molecule has 3 heteroatoms. The zero-order valence-electron chi connectivity index (χ0n) is 9.96. The fourth-order valence-corrected chi connectivity index (χ4v) is 3.62. The van der Waals surface area contributed by atoms with Crippen LogP contribution in [0.4, 0.5) is 0 Å². The highest BCUT2D eigenvalue weighted by Crippen LogP contribution is 2.49. The van der Waals surface area contributed by atoms with Crippen LogP contribution in [0.5, 0.6) is 0 Å². The van der Waals surface area contributed by atoms with Gasteiger partial charge in [0, 0.05) is 50.7 Å². The SMILES string of the molecule is COCC1(CN2CC3(CN(C)C3)C2)CC1. The number of ether oxygens (including phenoxy) is 1. The molecular formula is C12H22N2O. The van der Waals surface area contributed by atoms with E-state index in [9.17, 15) is 0 Å². The summed E-state index contributed by atoms with van der Waals surface area (Å²) in [6.45, 7) is 7.57. The van der Waals surface area contributed by atoms with E-state index in [1.807, 2.05) is 7.11 Å². The Labute approximate surface area is 92.4 Å². The molecule has 0 radical (unpaired) electrons. The third-order valence-electron chi connectivity index (χ3n) is 4.30. The Morgan fingerprint density at radius 2 is 1.80 bits per heavy atom. The fourth-order valence-electron chi connectivity index (χ4n) is 3.62. The summed E-state index contributed by atoms with van der Waals surface area (Å²) in [4.78, 5) is 5.07. The molecule has 0 unspecified atom stereocenters. The van der Waals surface area contributed by atoms with Crippen molar-refractivity contribution in [1.29, 1.82) is 0 Å². The monoisotopic (exact) mass is 210 g/mol. The van der Waals surface area contributed by atoms with E-state index in [1.54, 1.807) is 0 Å². The number of likely N-dealkylation sites (tertiary alicyclic amines) is 2. The maximum Gasteiger partial charge on any atom is 0.0530 e. The smallest absolute Gasteiger partial charge is 0.0530 e. The van der Waals surface area contributed by atoms with E-state index in [4.69, 9.17) is 4.74 Å². The van der Waals surface area contributed by atoms with E-state index in [0.29, 0.717) is 10.8 Å². The Morgan fingerprint density at radius 1 is 1.13 bits per heavy atom. The maximum atomic E-state index is 5.31. The van der Waals surface area contributed by atoms with Crippen LogP contribution in [0.3, 0.4) is 0 Å². The first-order valence-electron chi connectivity index (χ1n) is 6.05. The van der Waals surface area contributed by atoms with Crippen LogP contribution in [0, 0.1) is 10.8 Å². The average molecular weight is 210 g/mol. The van der Waals surface area contributed by atoms with Gasteiger partial charge in [-0.25, -0.2) is 0 Å². The predicted molar refractivity (Wildman–Crippen MR) is 59.9 cm³/mol. The Bertz CT molecular complexity index is 248. The molecule has 1 saturated carbocycles. The van der Waals surface area contributed by atoms with Gasteiger partial charge in [-0.05, 0) is 19.9 Å². The van der Waals surface area contributed by atoms with E-state index in [0.717, 1.165) is 6.61 Å². The van der Waals surface area contributed by atoms with Gasteiger partial charge in [-0.15, -0.1) is 0 Å². The van der Waals surface area contributed by atoms with Crippen LogP contribution in [0.2, 0.25) is 0 Å². The molecule has 3 fully saturated rings. The van der Waals surface area contributed by atoms with Crippen molar-refractivity contribution in [3.63, 3.8) is 0 Å². The molecule has 0 aromatic heterocycles. The van der Waals surface area contributed by atoms with Gasteiger partial charge in [0.05, 0.1) is 6.61 Å². The minimum absolute atomic E-state index is 0.548. The van der Waals surface area contributed by atoms with Crippen molar-refractivity contribution in [2.24, 2.45) is 10.8 Å². The Balaban J connectivity index is 1.44. The van der Waals surface area contributed by atoms with Crippen molar-refractivity contribution in [3.05, 3.63) is 0 Å². The highest BCUT2D eigenvalue weighted by atomic mass is 16.5. The first-order chi connectivity index (χ1) is 7.15. The third-order valence-corrected chi connectivity index (χ3v) is 4.30. The molecule has 3 rings (SSSR count). The van der Waals surface area contributed by atoms with Crippen molar-refractivity contribution in [3.8, 4) is 0 Å². The summed E-state index contributed by atoms with van der Waals surface area (Å²) in [6, 6.07) is 0. The largest absolute Gasteiger partial charge is 0.384 e. The minimum atomic E-state index is 0.548. The zero-order valence-corrected chi connectivity index (χ0v) is 9.96. The zero-order chi connectivity index (χ0) is 10.5. The van der Waals surface area contributed by atoms with Crippen LogP contribution >= 0.6 is 0 Å². The lowest BCUT2D eigenvalue weighted by Crippen LogP contribution is -2.71. The van der Waals surface area contributed by atoms with E-state index in [-0.39, 0.29) is 0 Å². The summed E-state index contributed by atoms with van der Waals surface area (Å²) < 4.78 is 5.31. The lowest BCUT2D eigenvalue weighted by molar-refractivity contribution is -0.112. The molecule has 1 spiro atoms. The molecule has 2 saturated heterocycles. The van der Waals surface area contributed by atoms with Gasteiger partial charge in [0.25, 0.3) is 0 Å². The van der Waals surface area contributed by atoms with Crippen molar-refractivity contribution in [1.82, 2.24) is 9.80 Å². The molecule has 2 heterocycles. The molecule has 0 amide bonds. The van der Waals surface area contributed by atoms with Crippen molar-refractivity contribution < 1.29 is 4.74 Å². The van der Waals surface area contributed by atoms with Crippen LogP contribution in [0.15, 0.2) is 0 Å². The van der Waals surface area contributed by atoms with Gasteiger partial charge in [-0.1, -0.05) is 0 Å². The summed E-state index contributed by atoms with van der Waals surface area (Å²) in [5.41, 5.74) is 1.24. The molecule has 0 aromatic carbocycles. The van der Waals surface area contributed by atoms with E-state index < -0.39 is 0 Å². The number of methoxy groups -OCH3 is 1. The molecule has 0 bridgehead atoms. The average Bonchev–Trinajstić information content (AvgIpc) is 2.80. The quantitative estimate of drug-likeness (QED) is 0.678. The summed E-state index contributed by atoms with van der Waals surface area (Å²) in [5.74, 6) is 0. The summed E-state index contributed by atoms with van der Waals surface area (Å²) in [6.07, 6.45) is 2.76. The van der Waals surface area contributed by atoms with Crippen LogP contribution in [0.1, 0.15) is 12.8 Å². The second kappa shape index (κ2) is 3.19. The van der Waals surface area contributed by atoms with Crippen LogP contribution in [-0.2, 0) is 4.74 Å². The molecule has 3 nitrogen and oxygen atoms in total. The predicted octanol–water partition coefficient (Wildman–Crippen LogP) is 0.660. The molecule has 2 aliphatic heterocycles. The molecule has 0 aromatic rings. The molecule has 0 atom stereocenters. The Kier molecular flexibility index (Phi) is 2.14. The normalized spacial score (nSPS) is 32.4. The Morgan fingerprint density at radius 3 is 2.27 bits per heavy atom. The summed E-state index contributed by atoms with van der Waals surface area (Å²) in [5, 5.41) is 0. The highest BCUT2D eigenvalue weighted by molar-refractivity contribution is 5.07. The van der Waals surface area contributed by atoms with E-state index in [1.165, 1.54) is 45.6 Å². The van der Waals surface area contributed by atoms with Crippen molar-refractivity contribution in [2.75, 3.05) is 53.5 Å². The molecule has 0 N–H and O–H groups in total. The lowest BCUT2D eigenvalue weighted by Gasteiger charge is -2.60. The van der Waals surface area contributed by atoms with Crippen molar-refractivity contribution in [2.45, 2.75) is 12.8 Å². The first kappa shape index (κ1) is 10.1. The van der Waals surface area contributed by atoms with E-state index >= 15 is 0 Å². The van der Waals surface area contributed by atoms with Gasteiger partial charge < -0.3 is 14.5 Å². The minimum Gasteiger partial charge on any atom is -0.384 e. The highest BCUT2D eigenvalue weighted by Gasteiger charge is 2.53. The van der Waals surface area contributed by atoms with Gasteiger partial charge in [0.15, 0.2) is 0 Å². The molecule has 86 valence electrons. The third kappa shape index (κ3) is 1.71. The standard InChI is InChI=1S/C12H22N2O/c1-13-5-12(6-13)8-14(9-12)7-11(3-4-11)10-15-2/h3-10H2,1-2H3. The van der Waals surface area contributed by atoms with Crippen LogP contribution in [0.25, 0.3) is 0 Å². The first-order valence-corrected chi connectivity index (χ1v) is 6.05. The van der Waals surface area contributed by atoms with Gasteiger partial charge in [0.1, 0.15) is 0 Å². The summed E-state index contributed by atoms with van der Waals surface area (Å²) in [7, 11) is 4.06. The molecule has 3 aliphatic rings. The molecule has 1 aliphatic carbocycles. The number of hydrogen-bond acceptors (Lipinski definition) is 3.